The van der Waals surface area contributed by atoms with Gasteiger partial charge in [0.05, 0.1) is 5.69 Å². The molecular weight excluding hydrogens is 240 g/mol. The molecule has 2 aromatic rings. The molecule has 1 aromatic heterocycles. The van der Waals surface area contributed by atoms with Crippen molar-refractivity contribution in [1.29, 1.82) is 0 Å². The van der Waals surface area contributed by atoms with Gasteiger partial charge in [0.2, 0.25) is 0 Å². The lowest BCUT2D eigenvalue weighted by atomic mass is 10.1. The first kappa shape index (κ1) is 11.4. The predicted octanol–water partition coefficient (Wildman–Crippen LogP) is 3.44. The van der Waals surface area contributed by atoms with E-state index in [1.807, 2.05) is 30.5 Å². The zero-order chi connectivity index (χ0) is 11.4. The summed E-state index contributed by atoms with van der Waals surface area (Å²) in [6.07, 6.45) is 2.73. The molecule has 0 spiro atoms. The van der Waals surface area contributed by atoms with Gasteiger partial charge in [-0.05, 0) is 17.9 Å². The maximum absolute atomic E-state index is 5.93. The van der Waals surface area contributed by atoms with Crippen molar-refractivity contribution < 1.29 is 0 Å². The second-order valence-electron chi connectivity index (χ2n) is 3.33. The Kier molecular flexibility index (Phi) is 3.80. The summed E-state index contributed by atoms with van der Waals surface area (Å²) in [7, 11) is 0. The van der Waals surface area contributed by atoms with Crippen molar-refractivity contribution in [2.45, 2.75) is 11.6 Å². The summed E-state index contributed by atoms with van der Waals surface area (Å²) in [5.41, 5.74) is 2.18. The van der Waals surface area contributed by atoms with E-state index < -0.39 is 0 Å². The molecule has 0 aliphatic rings. The highest BCUT2D eigenvalue weighted by Gasteiger charge is 2.03. The first-order valence-electron chi connectivity index (χ1n) is 4.89. The summed E-state index contributed by atoms with van der Waals surface area (Å²) in [6, 6.07) is 12.0. The summed E-state index contributed by atoms with van der Waals surface area (Å²) < 4.78 is 0. The standard InChI is InChI=1S/C12H11ClN2S/c1-16-12-14-10(8-11(13)15-12)7-9-5-3-2-4-6-9/h2-6,8H,7H2,1H3. The Morgan fingerprint density at radius 3 is 2.62 bits per heavy atom. The normalized spacial score (nSPS) is 10.4. The summed E-state index contributed by atoms with van der Waals surface area (Å²) in [4.78, 5) is 8.53. The van der Waals surface area contributed by atoms with Gasteiger partial charge in [-0.2, -0.15) is 0 Å². The number of aromatic nitrogens is 2. The van der Waals surface area contributed by atoms with Crippen molar-refractivity contribution in [3.8, 4) is 0 Å². The molecule has 16 heavy (non-hydrogen) atoms. The quantitative estimate of drug-likeness (QED) is 0.474. The number of thioether (sulfide) groups is 1. The van der Waals surface area contributed by atoms with Gasteiger partial charge >= 0.3 is 0 Å². The van der Waals surface area contributed by atoms with Crippen LogP contribution in [0.15, 0.2) is 41.6 Å². The molecule has 4 heteroatoms. The van der Waals surface area contributed by atoms with E-state index in [1.54, 1.807) is 0 Å². The monoisotopic (exact) mass is 250 g/mol. The molecule has 0 radical (unpaired) electrons. The molecule has 1 aromatic carbocycles. The Morgan fingerprint density at radius 2 is 1.94 bits per heavy atom. The van der Waals surface area contributed by atoms with Crippen LogP contribution in [-0.2, 0) is 6.42 Å². The lowest BCUT2D eigenvalue weighted by Gasteiger charge is -2.03. The van der Waals surface area contributed by atoms with Crippen molar-refractivity contribution in [1.82, 2.24) is 9.97 Å². The second-order valence-corrected chi connectivity index (χ2v) is 4.49. The third-order valence-corrected chi connectivity index (χ3v) is 2.88. The van der Waals surface area contributed by atoms with Crippen LogP contribution < -0.4 is 0 Å². The van der Waals surface area contributed by atoms with E-state index >= 15 is 0 Å². The third-order valence-electron chi connectivity index (χ3n) is 2.14. The summed E-state index contributed by atoms with van der Waals surface area (Å²) in [5, 5.41) is 1.23. The van der Waals surface area contributed by atoms with Crippen molar-refractivity contribution in [3.63, 3.8) is 0 Å². The summed E-state index contributed by atoms with van der Waals surface area (Å²) in [5.74, 6) is 0. The Morgan fingerprint density at radius 1 is 1.19 bits per heavy atom. The molecule has 0 atom stereocenters. The molecule has 0 aliphatic heterocycles. The minimum absolute atomic E-state index is 0.505. The Hall–Kier alpha value is -1.06. The highest BCUT2D eigenvalue weighted by molar-refractivity contribution is 7.98. The van der Waals surface area contributed by atoms with Crippen LogP contribution in [0.25, 0.3) is 0 Å². The molecule has 0 saturated carbocycles. The molecule has 0 saturated heterocycles. The molecule has 0 aliphatic carbocycles. The lowest BCUT2D eigenvalue weighted by Crippen LogP contribution is -1.96. The molecule has 0 unspecified atom stereocenters. The zero-order valence-corrected chi connectivity index (χ0v) is 10.4. The smallest absolute Gasteiger partial charge is 0.188 e. The predicted molar refractivity (Wildman–Crippen MR) is 68.1 cm³/mol. The van der Waals surface area contributed by atoms with Crippen molar-refractivity contribution in [2.24, 2.45) is 0 Å². The molecule has 2 rings (SSSR count). The second kappa shape index (κ2) is 5.32. The Labute approximate surface area is 104 Å². The van der Waals surface area contributed by atoms with Gasteiger partial charge in [0.1, 0.15) is 5.15 Å². The van der Waals surface area contributed by atoms with Gasteiger partial charge in [0.25, 0.3) is 0 Å². The number of hydrogen-bond donors (Lipinski definition) is 0. The molecule has 82 valence electrons. The fourth-order valence-electron chi connectivity index (χ4n) is 1.43. The maximum atomic E-state index is 5.93. The van der Waals surface area contributed by atoms with E-state index in [0.717, 1.165) is 17.3 Å². The van der Waals surface area contributed by atoms with Gasteiger partial charge in [0.15, 0.2) is 5.16 Å². The van der Waals surface area contributed by atoms with E-state index in [2.05, 4.69) is 22.1 Å². The van der Waals surface area contributed by atoms with Crippen LogP contribution in [0.5, 0.6) is 0 Å². The molecular formula is C12H11ClN2S. The summed E-state index contributed by atoms with van der Waals surface area (Å²) in [6.45, 7) is 0. The lowest BCUT2D eigenvalue weighted by molar-refractivity contribution is 0.905. The van der Waals surface area contributed by atoms with Crippen molar-refractivity contribution >= 4 is 23.4 Å². The largest absolute Gasteiger partial charge is 0.227 e. The molecule has 0 amide bonds. The number of rotatable bonds is 3. The topological polar surface area (TPSA) is 25.8 Å². The van der Waals surface area contributed by atoms with E-state index in [0.29, 0.717) is 5.15 Å². The minimum atomic E-state index is 0.505. The maximum Gasteiger partial charge on any atom is 0.188 e. The van der Waals surface area contributed by atoms with Crippen LogP contribution in [0.2, 0.25) is 5.15 Å². The van der Waals surface area contributed by atoms with Crippen LogP contribution >= 0.6 is 23.4 Å². The molecule has 0 fully saturated rings. The fraction of sp³-hybridized carbons (Fsp3) is 0.167. The first-order valence-corrected chi connectivity index (χ1v) is 6.49. The van der Waals surface area contributed by atoms with Gasteiger partial charge in [-0.25, -0.2) is 9.97 Å². The minimum Gasteiger partial charge on any atom is -0.227 e. The van der Waals surface area contributed by atoms with E-state index in [-0.39, 0.29) is 0 Å². The SMILES string of the molecule is CSc1nc(Cl)cc(Cc2ccccc2)n1. The molecule has 1 heterocycles. The third kappa shape index (κ3) is 2.97. The van der Waals surface area contributed by atoms with Crippen LogP contribution in [0.3, 0.4) is 0 Å². The van der Waals surface area contributed by atoms with Gasteiger partial charge in [-0.15, -0.1) is 0 Å². The number of benzene rings is 1. The number of nitrogens with zero attached hydrogens (tertiary/aromatic N) is 2. The number of halogens is 1. The van der Waals surface area contributed by atoms with Crippen LogP contribution in [-0.4, -0.2) is 16.2 Å². The van der Waals surface area contributed by atoms with Gasteiger partial charge < -0.3 is 0 Å². The van der Waals surface area contributed by atoms with Crippen LogP contribution in [0.1, 0.15) is 11.3 Å². The van der Waals surface area contributed by atoms with Gasteiger partial charge in [0, 0.05) is 6.42 Å². The van der Waals surface area contributed by atoms with Crippen LogP contribution in [0, 0.1) is 0 Å². The number of hydrogen-bond acceptors (Lipinski definition) is 3. The van der Waals surface area contributed by atoms with Gasteiger partial charge in [-0.3, -0.25) is 0 Å². The van der Waals surface area contributed by atoms with E-state index in [9.17, 15) is 0 Å². The fourth-order valence-corrected chi connectivity index (χ4v) is 2.08. The Balaban J connectivity index is 2.24. The highest BCUT2D eigenvalue weighted by atomic mass is 35.5. The molecule has 2 nitrogen and oxygen atoms in total. The van der Waals surface area contributed by atoms with E-state index in [4.69, 9.17) is 11.6 Å². The van der Waals surface area contributed by atoms with Gasteiger partial charge in [-0.1, -0.05) is 53.7 Å². The molecule has 0 N–H and O–H groups in total. The van der Waals surface area contributed by atoms with Crippen molar-refractivity contribution in [2.75, 3.05) is 6.26 Å². The van der Waals surface area contributed by atoms with E-state index in [1.165, 1.54) is 17.3 Å². The zero-order valence-electron chi connectivity index (χ0n) is 8.85. The van der Waals surface area contributed by atoms with Crippen LogP contribution in [0.4, 0.5) is 0 Å². The first-order chi connectivity index (χ1) is 7.78. The average Bonchev–Trinajstić information content (AvgIpc) is 2.29. The average molecular weight is 251 g/mol. The molecule has 0 bridgehead atoms. The highest BCUT2D eigenvalue weighted by Crippen LogP contribution is 2.16. The van der Waals surface area contributed by atoms with Crippen molar-refractivity contribution in [3.05, 3.63) is 52.8 Å². The Bertz CT molecular complexity index is 474. The summed E-state index contributed by atoms with van der Waals surface area (Å²) >= 11 is 7.43.